The van der Waals surface area contributed by atoms with Gasteiger partial charge in [0.05, 0.1) is 4.92 Å². The number of nitrogens with zero attached hydrogens (tertiary/aromatic N) is 2. The molecule has 2 N–H and O–H groups in total. The lowest BCUT2D eigenvalue weighted by atomic mass is 9.91. The van der Waals surface area contributed by atoms with E-state index in [2.05, 4.69) is 11.9 Å². The van der Waals surface area contributed by atoms with Gasteiger partial charge < -0.3 is 5.73 Å². The second kappa shape index (κ2) is 5.77. The zero-order chi connectivity index (χ0) is 13.1. The van der Waals surface area contributed by atoms with Crippen molar-refractivity contribution in [1.82, 2.24) is 4.90 Å². The standard InChI is InChI=1S/C12H19N3O2S/c1-14(10-4-2-9(13)3-5-10)8-11-6-7-12(18-11)15(16)17/h6-7,9-10H,2-5,8,13H2,1H3. The average molecular weight is 269 g/mol. The molecule has 6 heteroatoms. The van der Waals surface area contributed by atoms with Crippen LogP contribution in [-0.4, -0.2) is 29.0 Å². The van der Waals surface area contributed by atoms with Crippen LogP contribution in [0.5, 0.6) is 0 Å². The molecule has 100 valence electrons. The van der Waals surface area contributed by atoms with Gasteiger partial charge in [-0.05, 0) is 38.8 Å². The normalized spacial score (nSPS) is 24.4. The van der Waals surface area contributed by atoms with E-state index in [9.17, 15) is 10.1 Å². The van der Waals surface area contributed by atoms with Crippen molar-refractivity contribution < 1.29 is 4.92 Å². The van der Waals surface area contributed by atoms with Crippen molar-refractivity contribution in [2.75, 3.05) is 7.05 Å². The quantitative estimate of drug-likeness (QED) is 0.672. The summed E-state index contributed by atoms with van der Waals surface area (Å²) in [6.07, 6.45) is 4.43. The van der Waals surface area contributed by atoms with E-state index >= 15 is 0 Å². The molecule has 1 aromatic rings. The maximum absolute atomic E-state index is 10.6. The van der Waals surface area contributed by atoms with E-state index in [1.165, 1.54) is 11.3 Å². The van der Waals surface area contributed by atoms with Crippen LogP contribution in [0.3, 0.4) is 0 Å². The van der Waals surface area contributed by atoms with Gasteiger partial charge in [0.25, 0.3) is 0 Å². The van der Waals surface area contributed by atoms with Crippen molar-refractivity contribution in [3.63, 3.8) is 0 Å². The number of rotatable bonds is 4. The molecule has 0 radical (unpaired) electrons. The summed E-state index contributed by atoms with van der Waals surface area (Å²) in [4.78, 5) is 13.6. The van der Waals surface area contributed by atoms with Crippen molar-refractivity contribution in [2.45, 2.75) is 44.3 Å². The van der Waals surface area contributed by atoms with Gasteiger partial charge in [-0.3, -0.25) is 15.0 Å². The highest BCUT2D eigenvalue weighted by Gasteiger charge is 2.22. The molecule has 2 rings (SSSR count). The second-order valence-corrected chi connectivity index (χ2v) is 6.13. The van der Waals surface area contributed by atoms with E-state index < -0.39 is 0 Å². The number of nitrogens with two attached hydrogens (primary N) is 1. The molecule has 1 aliphatic rings. The van der Waals surface area contributed by atoms with Crippen LogP contribution in [-0.2, 0) is 6.54 Å². The molecule has 1 heterocycles. The molecule has 0 aliphatic heterocycles. The molecule has 1 saturated carbocycles. The average Bonchev–Trinajstić information content (AvgIpc) is 2.78. The highest BCUT2D eigenvalue weighted by Crippen LogP contribution is 2.27. The van der Waals surface area contributed by atoms with Gasteiger partial charge in [-0.1, -0.05) is 11.3 Å². The van der Waals surface area contributed by atoms with E-state index in [1.807, 2.05) is 6.07 Å². The zero-order valence-corrected chi connectivity index (χ0v) is 11.4. The van der Waals surface area contributed by atoms with Gasteiger partial charge in [-0.2, -0.15) is 0 Å². The molecule has 0 unspecified atom stereocenters. The van der Waals surface area contributed by atoms with E-state index in [1.54, 1.807) is 6.07 Å². The second-order valence-electron chi connectivity index (χ2n) is 4.98. The molecule has 0 bridgehead atoms. The number of hydrogen-bond acceptors (Lipinski definition) is 5. The Morgan fingerprint density at radius 2 is 2.11 bits per heavy atom. The predicted molar refractivity (Wildman–Crippen MR) is 72.7 cm³/mol. The first-order valence-corrected chi connectivity index (χ1v) is 7.07. The monoisotopic (exact) mass is 269 g/mol. The molecule has 0 atom stereocenters. The molecule has 1 fully saturated rings. The van der Waals surface area contributed by atoms with Gasteiger partial charge in [-0.25, -0.2) is 0 Å². The van der Waals surface area contributed by atoms with Crippen molar-refractivity contribution in [1.29, 1.82) is 0 Å². The molecule has 18 heavy (non-hydrogen) atoms. The first-order valence-electron chi connectivity index (χ1n) is 6.25. The third-order valence-corrected chi connectivity index (χ3v) is 4.62. The lowest BCUT2D eigenvalue weighted by molar-refractivity contribution is -0.380. The number of nitro groups is 1. The summed E-state index contributed by atoms with van der Waals surface area (Å²) in [6, 6.07) is 4.36. The SMILES string of the molecule is CN(Cc1ccc([N+](=O)[O-])s1)C1CCC(N)CC1. The lowest BCUT2D eigenvalue weighted by Gasteiger charge is -2.33. The van der Waals surface area contributed by atoms with Crippen molar-refractivity contribution in [2.24, 2.45) is 5.73 Å². The minimum Gasteiger partial charge on any atom is -0.328 e. The summed E-state index contributed by atoms with van der Waals surface area (Å²) in [5, 5.41) is 10.9. The molecule has 0 aromatic carbocycles. The first kappa shape index (κ1) is 13.5. The summed E-state index contributed by atoms with van der Waals surface area (Å²) >= 11 is 1.27. The molecule has 0 saturated heterocycles. The molecule has 1 aliphatic carbocycles. The fourth-order valence-electron chi connectivity index (χ4n) is 2.47. The Labute approximate surface area is 111 Å². The minimum absolute atomic E-state index is 0.226. The molecule has 0 amide bonds. The van der Waals surface area contributed by atoms with Gasteiger partial charge in [0.15, 0.2) is 0 Å². The Bertz CT molecular complexity index is 413. The molecule has 1 aromatic heterocycles. The lowest BCUT2D eigenvalue weighted by Crippen LogP contribution is -2.38. The molecular weight excluding hydrogens is 250 g/mol. The van der Waals surface area contributed by atoms with Crippen LogP contribution in [0.15, 0.2) is 12.1 Å². The van der Waals surface area contributed by atoms with Gasteiger partial charge >= 0.3 is 5.00 Å². The first-order chi connectivity index (χ1) is 8.56. The van der Waals surface area contributed by atoms with Crippen molar-refractivity contribution >= 4 is 16.3 Å². The summed E-state index contributed by atoms with van der Waals surface area (Å²) in [5.74, 6) is 0. The van der Waals surface area contributed by atoms with Gasteiger partial charge in [0.2, 0.25) is 0 Å². The fraction of sp³-hybridized carbons (Fsp3) is 0.667. The van der Waals surface area contributed by atoms with E-state index in [4.69, 9.17) is 5.73 Å². The third kappa shape index (κ3) is 3.28. The molecule has 0 spiro atoms. The smallest absolute Gasteiger partial charge is 0.324 e. The summed E-state index contributed by atoms with van der Waals surface area (Å²) in [6.45, 7) is 0.790. The molecule has 5 nitrogen and oxygen atoms in total. The Balaban J connectivity index is 1.90. The topological polar surface area (TPSA) is 72.4 Å². The maximum atomic E-state index is 10.6. The fourth-order valence-corrected chi connectivity index (χ4v) is 3.35. The number of thiophene rings is 1. The van der Waals surface area contributed by atoms with Crippen LogP contribution in [0.25, 0.3) is 0 Å². The Hall–Kier alpha value is -0.980. The number of hydrogen-bond donors (Lipinski definition) is 1. The zero-order valence-electron chi connectivity index (χ0n) is 10.5. The highest BCUT2D eigenvalue weighted by atomic mass is 32.1. The van der Waals surface area contributed by atoms with Gasteiger partial charge in [0, 0.05) is 29.6 Å². The van der Waals surface area contributed by atoms with Gasteiger partial charge in [-0.15, -0.1) is 0 Å². The van der Waals surface area contributed by atoms with E-state index in [0.29, 0.717) is 12.1 Å². The minimum atomic E-state index is -0.326. The summed E-state index contributed by atoms with van der Waals surface area (Å²) in [5.41, 5.74) is 5.89. The van der Waals surface area contributed by atoms with Crippen LogP contribution >= 0.6 is 11.3 Å². The Morgan fingerprint density at radius 1 is 1.44 bits per heavy atom. The van der Waals surface area contributed by atoms with Crippen molar-refractivity contribution in [3.05, 3.63) is 27.1 Å². The van der Waals surface area contributed by atoms with Crippen LogP contribution in [0.1, 0.15) is 30.6 Å². The van der Waals surface area contributed by atoms with E-state index in [-0.39, 0.29) is 9.92 Å². The molecular formula is C12H19N3O2S. The third-order valence-electron chi connectivity index (χ3n) is 3.60. The summed E-state index contributed by atoms with van der Waals surface area (Å²) in [7, 11) is 2.09. The Morgan fingerprint density at radius 3 is 2.67 bits per heavy atom. The van der Waals surface area contributed by atoms with Gasteiger partial charge in [0.1, 0.15) is 0 Å². The highest BCUT2D eigenvalue weighted by molar-refractivity contribution is 7.15. The van der Waals surface area contributed by atoms with Crippen LogP contribution < -0.4 is 5.73 Å². The van der Waals surface area contributed by atoms with Crippen molar-refractivity contribution in [3.8, 4) is 0 Å². The maximum Gasteiger partial charge on any atom is 0.324 e. The Kier molecular flexibility index (Phi) is 4.31. The van der Waals surface area contributed by atoms with Crippen LogP contribution in [0, 0.1) is 10.1 Å². The van der Waals surface area contributed by atoms with Crippen LogP contribution in [0.4, 0.5) is 5.00 Å². The summed E-state index contributed by atoms with van der Waals surface area (Å²) < 4.78 is 0. The van der Waals surface area contributed by atoms with E-state index in [0.717, 1.165) is 37.1 Å². The predicted octanol–water partition coefficient (Wildman–Crippen LogP) is 2.36. The largest absolute Gasteiger partial charge is 0.328 e. The van der Waals surface area contributed by atoms with Crippen LogP contribution in [0.2, 0.25) is 0 Å².